The van der Waals surface area contributed by atoms with Gasteiger partial charge in [0.15, 0.2) is 11.0 Å². The summed E-state index contributed by atoms with van der Waals surface area (Å²) in [6.45, 7) is -2.47. The van der Waals surface area contributed by atoms with E-state index in [-0.39, 0.29) is 10.3 Å². The standard InChI is InChI=1S/C10H14FN2O8PS/c1-4-2-13(9(23)12-7(4)16)8-5(14)6(15)10(11,21-8)3-20-22(17,18)19/h2,5-6,8,14-15H,3H2,1H3,(H,12,16,23)(H2,17,18,19)/t5-,6+,8-,10-/m1/s1/i3D2. The molecule has 130 valence electrons. The topological polar surface area (TPSA) is 154 Å². The van der Waals surface area contributed by atoms with Gasteiger partial charge in [-0.25, -0.2) is 8.96 Å². The summed E-state index contributed by atoms with van der Waals surface area (Å²) in [5.74, 6) is -3.85. The van der Waals surface area contributed by atoms with Gasteiger partial charge in [0.05, 0.1) is 2.74 Å². The molecule has 1 fully saturated rings. The lowest BCUT2D eigenvalue weighted by molar-refractivity contribution is -0.204. The smallest absolute Gasteiger partial charge is 0.385 e. The van der Waals surface area contributed by atoms with Crippen LogP contribution in [0.25, 0.3) is 0 Å². The molecule has 10 nitrogen and oxygen atoms in total. The summed E-state index contributed by atoms with van der Waals surface area (Å²) in [5.41, 5.74) is -0.481. The number of nitrogens with zero attached hydrogens (tertiary/aromatic N) is 1. The van der Waals surface area contributed by atoms with Gasteiger partial charge in [-0.3, -0.25) is 18.9 Å². The van der Waals surface area contributed by atoms with Gasteiger partial charge in [-0.2, -0.15) is 0 Å². The lowest BCUT2D eigenvalue weighted by atomic mass is 10.1. The van der Waals surface area contributed by atoms with E-state index in [0.717, 1.165) is 10.8 Å². The fourth-order valence-electron chi connectivity index (χ4n) is 1.89. The molecule has 1 aromatic heterocycles. The Morgan fingerprint density at radius 1 is 1.65 bits per heavy atom. The second-order valence-electron chi connectivity index (χ2n) is 4.75. The molecule has 23 heavy (non-hydrogen) atoms. The van der Waals surface area contributed by atoms with E-state index in [4.69, 9.17) is 29.5 Å². The predicted octanol–water partition coefficient (Wildman–Crippen LogP) is -0.760. The van der Waals surface area contributed by atoms with Gasteiger partial charge in [0, 0.05) is 11.8 Å². The summed E-state index contributed by atoms with van der Waals surface area (Å²) in [6, 6.07) is 0. The number of rotatable bonds is 4. The highest BCUT2D eigenvalue weighted by Gasteiger charge is 2.57. The molecular weight excluding hydrogens is 358 g/mol. The second kappa shape index (κ2) is 6.15. The molecule has 1 aliphatic heterocycles. The van der Waals surface area contributed by atoms with Crippen LogP contribution in [-0.4, -0.2) is 54.2 Å². The van der Waals surface area contributed by atoms with Gasteiger partial charge in [0.25, 0.3) is 11.4 Å². The van der Waals surface area contributed by atoms with Crippen molar-refractivity contribution >= 4 is 20.0 Å². The molecular formula is C10H14FN2O8PS. The number of phosphoric ester groups is 1. The van der Waals surface area contributed by atoms with E-state index >= 15 is 0 Å². The van der Waals surface area contributed by atoms with Gasteiger partial charge in [-0.15, -0.1) is 0 Å². The maximum absolute atomic E-state index is 14.9. The summed E-state index contributed by atoms with van der Waals surface area (Å²) in [6.07, 6.45) is -5.42. The number of aromatic amines is 1. The Balaban J connectivity index is 2.48. The number of alkyl halides is 1. The van der Waals surface area contributed by atoms with Crippen molar-refractivity contribution in [1.82, 2.24) is 9.55 Å². The Bertz CT molecular complexity index is 843. The van der Waals surface area contributed by atoms with Crippen molar-refractivity contribution in [3.8, 4) is 0 Å². The molecule has 2 heterocycles. The van der Waals surface area contributed by atoms with Crippen molar-refractivity contribution < 1.29 is 41.0 Å². The highest BCUT2D eigenvalue weighted by Crippen LogP contribution is 2.43. The van der Waals surface area contributed by atoms with E-state index in [1.807, 2.05) is 0 Å². The molecule has 0 aliphatic carbocycles. The van der Waals surface area contributed by atoms with E-state index in [1.54, 1.807) is 0 Å². The van der Waals surface area contributed by atoms with Gasteiger partial charge in [-0.1, -0.05) is 0 Å². The van der Waals surface area contributed by atoms with Gasteiger partial charge < -0.3 is 24.7 Å². The van der Waals surface area contributed by atoms with Crippen LogP contribution in [0.2, 0.25) is 0 Å². The van der Waals surface area contributed by atoms with Crippen LogP contribution in [0.3, 0.4) is 0 Å². The Labute approximate surface area is 136 Å². The quantitative estimate of drug-likeness (QED) is 0.338. The molecule has 13 heteroatoms. The Kier molecular flexibility index (Phi) is 4.15. The zero-order valence-electron chi connectivity index (χ0n) is 13.4. The molecule has 0 aromatic carbocycles. The van der Waals surface area contributed by atoms with E-state index in [1.165, 1.54) is 6.92 Å². The van der Waals surface area contributed by atoms with Crippen molar-refractivity contribution in [3.63, 3.8) is 0 Å². The van der Waals surface area contributed by atoms with Gasteiger partial charge in [0.1, 0.15) is 18.8 Å². The fraction of sp³-hybridized carbons (Fsp3) is 0.600. The minimum absolute atomic E-state index is 0.0877. The first-order valence-electron chi connectivity index (χ1n) is 7.01. The van der Waals surface area contributed by atoms with Crippen LogP contribution in [0.4, 0.5) is 4.39 Å². The first-order valence-corrected chi connectivity index (χ1v) is 7.95. The van der Waals surface area contributed by atoms with Crippen molar-refractivity contribution in [2.45, 2.75) is 31.2 Å². The molecule has 5 N–H and O–H groups in total. The number of halogens is 1. The highest BCUT2D eigenvalue weighted by molar-refractivity contribution is 7.71. The van der Waals surface area contributed by atoms with E-state index < -0.39 is 44.2 Å². The SMILES string of the molecule is [2H]C([2H])(OP(=O)(O)O)[C@@]1(F)O[C@@H](n2cc(C)c(=O)[nH]c2=S)[C@H](O)[C@@H]1O. The van der Waals surface area contributed by atoms with Gasteiger partial charge >= 0.3 is 7.82 Å². The van der Waals surface area contributed by atoms with Crippen LogP contribution in [0.5, 0.6) is 0 Å². The summed E-state index contributed by atoms with van der Waals surface area (Å²) < 4.78 is 49.4. The van der Waals surface area contributed by atoms with Gasteiger partial charge in [-0.05, 0) is 19.1 Å². The number of ether oxygens (including phenoxy) is 1. The molecule has 1 aliphatic rings. The minimum Gasteiger partial charge on any atom is -0.385 e. The second-order valence-corrected chi connectivity index (χ2v) is 6.30. The largest absolute Gasteiger partial charge is 0.469 e. The van der Waals surface area contributed by atoms with E-state index in [0.29, 0.717) is 0 Å². The predicted molar refractivity (Wildman–Crippen MR) is 74.6 cm³/mol. The van der Waals surface area contributed by atoms with Gasteiger partial charge in [0.2, 0.25) is 0 Å². The highest BCUT2D eigenvalue weighted by atomic mass is 32.1. The van der Waals surface area contributed by atoms with Crippen molar-refractivity contribution in [2.24, 2.45) is 0 Å². The zero-order valence-corrected chi connectivity index (χ0v) is 13.1. The maximum atomic E-state index is 14.9. The Morgan fingerprint density at radius 2 is 2.26 bits per heavy atom. The normalized spacial score (nSPS) is 33.4. The summed E-state index contributed by atoms with van der Waals surface area (Å²) >= 11 is 4.85. The number of aryl methyl sites for hydroxylation is 1. The molecule has 2 rings (SSSR count). The third-order valence-corrected chi connectivity index (χ3v) is 3.65. The van der Waals surface area contributed by atoms with Crippen LogP contribution >= 0.6 is 20.0 Å². The lowest BCUT2D eigenvalue weighted by Crippen LogP contribution is -2.42. The first-order chi connectivity index (χ1) is 11.2. The fourth-order valence-corrected chi connectivity index (χ4v) is 2.39. The summed E-state index contributed by atoms with van der Waals surface area (Å²) in [7, 11) is -5.51. The molecule has 1 saturated heterocycles. The van der Waals surface area contributed by atoms with Crippen LogP contribution in [0.1, 0.15) is 14.5 Å². The monoisotopic (exact) mass is 374 g/mol. The third-order valence-electron chi connectivity index (χ3n) is 3.01. The number of nitrogens with one attached hydrogen (secondary N) is 1. The molecule has 0 amide bonds. The molecule has 4 atom stereocenters. The Morgan fingerprint density at radius 3 is 2.83 bits per heavy atom. The number of aliphatic hydroxyl groups is 2. The molecule has 0 bridgehead atoms. The molecule has 0 unspecified atom stereocenters. The number of hydrogen-bond acceptors (Lipinski definition) is 7. The zero-order chi connectivity index (χ0) is 19.4. The first kappa shape index (κ1) is 15.5. The van der Waals surface area contributed by atoms with Crippen LogP contribution < -0.4 is 5.56 Å². The molecule has 0 saturated carbocycles. The molecule has 1 aromatic rings. The Hall–Kier alpha value is -0.980. The van der Waals surface area contributed by atoms with Crippen molar-refractivity contribution in [3.05, 3.63) is 26.9 Å². The summed E-state index contributed by atoms with van der Waals surface area (Å²) in [4.78, 5) is 31.1. The minimum atomic E-state index is -5.51. The van der Waals surface area contributed by atoms with Crippen LogP contribution in [0, 0.1) is 11.7 Å². The van der Waals surface area contributed by atoms with Crippen molar-refractivity contribution in [1.29, 1.82) is 0 Å². The number of phosphoric acid groups is 1. The molecule has 0 spiro atoms. The number of aromatic nitrogens is 2. The average Bonchev–Trinajstić information content (AvgIpc) is 2.66. The maximum Gasteiger partial charge on any atom is 0.469 e. The number of H-pyrrole nitrogens is 1. The lowest BCUT2D eigenvalue weighted by Gasteiger charge is -2.23. The van der Waals surface area contributed by atoms with Crippen LogP contribution in [-0.2, 0) is 13.8 Å². The summed E-state index contributed by atoms with van der Waals surface area (Å²) in [5, 5.41) is 19.9. The van der Waals surface area contributed by atoms with Crippen LogP contribution in [0.15, 0.2) is 11.0 Å². The van der Waals surface area contributed by atoms with E-state index in [9.17, 15) is 24.0 Å². The number of aliphatic hydroxyl groups excluding tert-OH is 2. The van der Waals surface area contributed by atoms with E-state index in [2.05, 4.69) is 9.51 Å². The third kappa shape index (κ3) is 3.75. The molecule has 0 radical (unpaired) electrons. The average molecular weight is 374 g/mol. The number of hydrogen-bond donors (Lipinski definition) is 5. The van der Waals surface area contributed by atoms with Crippen molar-refractivity contribution in [2.75, 3.05) is 6.56 Å².